The van der Waals surface area contributed by atoms with Gasteiger partial charge in [0.25, 0.3) is 0 Å². The number of carbonyl (C=O) groups excluding carboxylic acids is 1. The predicted octanol–water partition coefficient (Wildman–Crippen LogP) is 2.18. The minimum absolute atomic E-state index is 0.317. The van der Waals surface area contributed by atoms with Crippen molar-refractivity contribution in [3.8, 4) is 5.75 Å². The van der Waals surface area contributed by atoms with Gasteiger partial charge in [0.2, 0.25) is 5.75 Å². The maximum atomic E-state index is 11.3. The molecule has 0 amide bonds. The summed E-state index contributed by atoms with van der Waals surface area (Å²) >= 11 is 0. The molecule has 0 spiro atoms. The summed E-state index contributed by atoms with van der Waals surface area (Å²) in [6.45, 7) is 4.36. The summed E-state index contributed by atoms with van der Waals surface area (Å²) in [4.78, 5) is 31.0. The van der Waals surface area contributed by atoms with Crippen molar-refractivity contribution in [1.29, 1.82) is 0 Å². The van der Waals surface area contributed by atoms with Crippen LogP contribution in [-0.4, -0.2) is 36.6 Å². The fraction of sp³-hybridized carbons (Fsp3) is 0.429. The molecule has 24 heavy (non-hydrogen) atoms. The van der Waals surface area contributed by atoms with Crippen molar-refractivity contribution in [2.45, 2.75) is 38.0 Å². The molecule has 0 unspecified atom stereocenters. The lowest BCUT2D eigenvalue weighted by Crippen LogP contribution is -2.14. The Morgan fingerprint density at radius 3 is 2.17 bits per heavy atom. The standard InChI is InChI=1S/C10H9NO8S.C4H10/c1-20(17,18)6-2-3-8(7(4-6)11(15)16)19-10(14)5-9(12)13;1-3-4-2/h2-4H,5H2,1H3,(H,12,13);3-4H2,1-2H3. The van der Waals surface area contributed by atoms with Gasteiger partial charge in [-0.05, 0) is 12.1 Å². The van der Waals surface area contributed by atoms with Gasteiger partial charge in [0.15, 0.2) is 9.84 Å². The SMILES string of the molecule is CCCC.CS(=O)(=O)c1ccc(OC(=O)CC(=O)O)c([N+](=O)[O-])c1. The molecule has 0 heterocycles. The summed E-state index contributed by atoms with van der Waals surface area (Å²) in [7, 11) is -3.66. The first-order chi connectivity index (χ1) is 11.0. The molecular formula is C14H19NO8S. The van der Waals surface area contributed by atoms with Crippen molar-refractivity contribution < 1.29 is 32.8 Å². The molecule has 0 bridgehead atoms. The van der Waals surface area contributed by atoms with Crippen LogP contribution in [0.4, 0.5) is 5.69 Å². The Morgan fingerprint density at radius 2 is 1.79 bits per heavy atom. The Bertz CT molecular complexity index is 709. The van der Waals surface area contributed by atoms with E-state index in [1.165, 1.54) is 12.8 Å². The molecule has 0 aliphatic rings. The zero-order chi connectivity index (χ0) is 18.9. The van der Waals surface area contributed by atoms with Gasteiger partial charge in [-0.2, -0.15) is 0 Å². The van der Waals surface area contributed by atoms with Gasteiger partial charge in [0.1, 0.15) is 6.42 Å². The molecule has 0 aliphatic carbocycles. The van der Waals surface area contributed by atoms with Crippen molar-refractivity contribution >= 4 is 27.5 Å². The molecule has 9 nitrogen and oxygen atoms in total. The molecule has 0 aliphatic heterocycles. The van der Waals surface area contributed by atoms with Gasteiger partial charge in [0.05, 0.1) is 9.82 Å². The van der Waals surface area contributed by atoms with Crippen molar-refractivity contribution in [2.75, 3.05) is 6.26 Å². The van der Waals surface area contributed by atoms with E-state index in [-0.39, 0.29) is 4.90 Å². The summed E-state index contributed by atoms with van der Waals surface area (Å²) in [5.74, 6) is -3.17. The molecule has 0 saturated carbocycles. The third kappa shape index (κ3) is 7.68. The first-order valence-corrected chi connectivity index (χ1v) is 8.83. The predicted molar refractivity (Wildman–Crippen MR) is 84.7 cm³/mol. The Kier molecular flexibility index (Phi) is 8.61. The molecule has 0 aromatic heterocycles. The van der Waals surface area contributed by atoms with Gasteiger partial charge in [-0.3, -0.25) is 19.7 Å². The highest BCUT2D eigenvalue weighted by Crippen LogP contribution is 2.29. The number of nitro groups is 1. The van der Waals surface area contributed by atoms with E-state index in [1.54, 1.807) is 0 Å². The van der Waals surface area contributed by atoms with E-state index in [4.69, 9.17) is 5.11 Å². The molecule has 0 atom stereocenters. The van der Waals surface area contributed by atoms with Crippen LogP contribution >= 0.6 is 0 Å². The Hall–Kier alpha value is -2.49. The summed E-state index contributed by atoms with van der Waals surface area (Å²) in [6.07, 6.45) is 2.53. The molecule has 1 N–H and O–H groups in total. The second-order valence-corrected chi connectivity index (χ2v) is 6.72. The summed E-state index contributed by atoms with van der Waals surface area (Å²) in [5.41, 5.74) is -0.744. The summed E-state index contributed by atoms with van der Waals surface area (Å²) in [5, 5.41) is 19.2. The third-order valence-electron chi connectivity index (χ3n) is 2.57. The van der Waals surface area contributed by atoms with E-state index in [2.05, 4.69) is 18.6 Å². The number of ether oxygens (including phenoxy) is 1. The zero-order valence-electron chi connectivity index (χ0n) is 13.5. The Labute approximate surface area is 139 Å². The maximum Gasteiger partial charge on any atom is 0.322 e. The minimum atomic E-state index is -3.66. The second kappa shape index (κ2) is 9.60. The highest BCUT2D eigenvalue weighted by Gasteiger charge is 2.22. The summed E-state index contributed by atoms with van der Waals surface area (Å²) < 4.78 is 27.1. The number of sulfone groups is 1. The molecule has 134 valence electrons. The maximum absolute atomic E-state index is 11.3. The molecule has 0 saturated heterocycles. The van der Waals surface area contributed by atoms with Crippen molar-refractivity contribution in [3.05, 3.63) is 28.3 Å². The van der Waals surface area contributed by atoms with E-state index in [1.807, 2.05) is 0 Å². The summed E-state index contributed by atoms with van der Waals surface area (Å²) in [6, 6.07) is 2.68. The Morgan fingerprint density at radius 1 is 1.25 bits per heavy atom. The number of hydrogen-bond acceptors (Lipinski definition) is 7. The van der Waals surface area contributed by atoms with Crippen LogP contribution in [0.3, 0.4) is 0 Å². The van der Waals surface area contributed by atoms with Crippen molar-refractivity contribution in [2.24, 2.45) is 0 Å². The van der Waals surface area contributed by atoms with Crippen molar-refractivity contribution in [1.82, 2.24) is 0 Å². The van der Waals surface area contributed by atoms with Gasteiger partial charge in [-0.15, -0.1) is 0 Å². The number of nitro benzene ring substituents is 1. The number of rotatable bonds is 6. The monoisotopic (exact) mass is 361 g/mol. The average molecular weight is 361 g/mol. The van der Waals surface area contributed by atoms with E-state index < -0.39 is 44.6 Å². The molecule has 1 rings (SSSR count). The van der Waals surface area contributed by atoms with Crippen LogP contribution < -0.4 is 4.74 Å². The molecule has 0 fully saturated rings. The molecular weight excluding hydrogens is 342 g/mol. The third-order valence-corrected chi connectivity index (χ3v) is 3.68. The first kappa shape index (κ1) is 21.5. The fourth-order valence-electron chi connectivity index (χ4n) is 1.24. The van der Waals surface area contributed by atoms with E-state index in [0.29, 0.717) is 0 Å². The number of carboxylic acids is 1. The van der Waals surface area contributed by atoms with Crippen LogP contribution in [-0.2, 0) is 19.4 Å². The lowest BCUT2D eigenvalue weighted by molar-refractivity contribution is -0.385. The van der Waals surface area contributed by atoms with Gasteiger partial charge in [0, 0.05) is 12.3 Å². The number of benzene rings is 1. The molecule has 1 aromatic carbocycles. The molecule has 1 aromatic rings. The van der Waals surface area contributed by atoms with Gasteiger partial charge in [-0.25, -0.2) is 8.42 Å². The number of carboxylic acid groups (broad SMARTS) is 1. The number of nitrogens with zero attached hydrogens (tertiary/aromatic N) is 1. The van der Waals surface area contributed by atoms with E-state index >= 15 is 0 Å². The zero-order valence-corrected chi connectivity index (χ0v) is 14.3. The van der Waals surface area contributed by atoms with E-state index in [9.17, 15) is 28.1 Å². The van der Waals surface area contributed by atoms with Crippen LogP contribution in [0.1, 0.15) is 33.1 Å². The number of aliphatic carboxylic acids is 1. The smallest absolute Gasteiger partial charge is 0.322 e. The van der Waals surface area contributed by atoms with Crippen LogP contribution in [0.5, 0.6) is 5.75 Å². The average Bonchev–Trinajstić information content (AvgIpc) is 2.45. The molecule has 10 heteroatoms. The number of carbonyl (C=O) groups is 2. The van der Waals surface area contributed by atoms with Gasteiger partial charge >= 0.3 is 17.6 Å². The Balaban J connectivity index is 0.00000118. The number of hydrogen-bond donors (Lipinski definition) is 1. The molecule has 0 radical (unpaired) electrons. The largest absolute Gasteiger partial charge is 0.481 e. The highest BCUT2D eigenvalue weighted by atomic mass is 32.2. The van der Waals surface area contributed by atoms with Crippen LogP contribution in [0.2, 0.25) is 0 Å². The second-order valence-electron chi connectivity index (χ2n) is 4.70. The van der Waals surface area contributed by atoms with Crippen LogP contribution in [0.25, 0.3) is 0 Å². The van der Waals surface area contributed by atoms with Crippen LogP contribution in [0.15, 0.2) is 23.1 Å². The first-order valence-electron chi connectivity index (χ1n) is 6.93. The minimum Gasteiger partial charge on any atom is -0.481 e. The quantitative estimate of drug-likeness (QED) is 0.267. The normalized spacial score (nSPS) is 10.3. The number of esters is 1. The lowest BCUT2D eigenvalue weighted by atomic mass is 10.3. The number of unbranched alkanes of at least 4 members (excludes halogenated alkanes) is 1. The lowest BCUT2D eigenvalue weighted by Gasteiger charge is -2.05. The fourth-order valence-corrected chi connectivity index (χ4v) is 1.88. The van der Waals surface area contributed by atoms with Crippen LogP contribution in [0, 0.1) is 10.1 Å². The van der Waals surface area contributed by atoms with Gasteiger partial charge < -0.3 is 9.84 Å². The van der Waals surface area contributed by atoms with Gasteiger partial charge in [-0.1, -0.05) is 26.7 Å². The highest BCUT2D eigenvalue weighted by molar-refractivity contribution is 7.90. The van der Waals surface area contributed by atoms with Crippen molar-refractivity contribution in [3.63, 3.8) is 0 Å². The topological polar surface area (TPSA) is 141 Å². The van der Waals surface area contributed by atoms with E-state index in [0.717, 1.165) is 24.5 Å².